The van der Waals surface area contributed by atoms with Crippen molar-refractivity contribution in [3.05, 3.63) is 30.2 Å². The molecule has 0 unspecified atom stereocenters. The number of oxazole rings is 1. The minimum absolute atomic E-state index is 0.290. The summed E-state index contributed by atoms with van der Waals surface area (Å²) in [7, 11) is 0. The maximum absolute atomic E-state index is 10.6. The number of benzene rings is 1. The monoisotopic (exact) mass is 206 g/mol. The Bertz CT molecular complexity index is 492. The van der Waals surface area contributed by atoms with Crippen LogP contribution in [0.3, 0.4) is 0 Å². The van der Waals surface area contributed by atoms with Crippen molar-refractivity contribution in [1.82, 2.24) is 4.98 Å². The van der Waals surface area contributed by atoms with Crippen molar-refractivity contribution < 1.29 is 14.3 Å². The zero-order chi connectivity index (χ0) is 10.8. The van der Waals surface area contributed by atoms with Crippen molar-refractivity contribution in [3.63, 3.8) is 0 Å². The maximum atomic E-state index is 10.6. The van der Waals surface area contributed by atoms with E-state index in [0.29, 0.717) is 11.1 Å². The first-order valence-electron chi connectivity index (χ1n) is 4.47. The Morgan fingerprint density at radius 2 is 2.40 bits per heavy atom. The highest BCUT2D eigenvalue weighted by atomic mass is 16.4. The molecule has 1 aromatic carbocycles. The first-order chi connectivity index (χ1) is 7.16. The SMILES string of the molecule is N[C@@H](Cc1ccc2ocnc2c1)C(=O)O. The van der Waals surface area contributed by atoms with Gasteiger partial charge in [0.25, 0.3) is 0 Å². The van der Waals surface area contributed by atoms with E-state index in [2.05, 4.69) is 4.98 Å². The summed E-state index contributed by atoms with van der Waals surface area (Å²) in [5, 5.41) is 8.66. The molecule has 1 atom stereocenters. The van der Waals surface area contributed by atoms with E-state index in [-0.39, 0.29) is 6.42 Å². The van der Waals surface area contributed by atoms with Crippen LogP contribution in [0.25, 0.3) is 11.1 Å². The molecule has 78 valence electrons. The Morgan fingerprint density at radius 1 is 1.60 bits per heavy atom. The number of carboxylic acids is 1. The summed E-state index contributed by atoms with van der Waals surface area (Å²) >= 11 is 0. The maximum Gasteiger partial charge on any atom is 0.320 e. The summed E-state index contributed by atoms with van der Waals surface area (Å²) in [6.45, 7) is 0. The molecule has 0 fully saturated rings. The molecule has 5 nitrogen and oxygen atoms in total. The third-order valence-corrected chi connectivity index (χ3v) is 2.17. The molecule has 0 aliphatic rings. The minimum Gasteiger partial charge on any atom is -0.480 e. The van der Waals surface area contributed by atoms with Crippen LogP contribution in [0, 0.1) is 0 Å². The molecule has 2 rings (SSSR count). The highest BCUT2D eigenvalue weighted by Gasteiger charge is 2.12. The Hall–Kier alpha value is -1.88. The van der Waals surface area contributed by atoms with Gasteiger partial charge in [0.15, 0.2) is 12.0 Å². The molecular formula is C10H10N2O3. The Balaban J connectivity index is 2.24. The second-order valence-electron chi connectivity index (χ2n) is 3.30. The number of rotatable bonds is 3. The molecule has 5 heteroatoms. The van der Waals surface area contributed by atoms with Gasteiger partial charge in [0, 0.05) is 0 Å². The second-order valence-corrected chi connectivity index (χ2v) is 3.30. The standard InChI is InChI=1S/C10H10N2O3/c11-7(10(13)14)3-6-1-2-9-8(4-6)12-5-15-9/h1-2,4-5,7H,3,11H2,(H,13,14)/t7-/m0/s1. The van der Waals surface area contributed by atoms with E-state index >= 15 is 0 Å². The number of hydrogen-bond donors (Lipinski definition) is 2. The molecule has 3 N–H and O–H groups in total. The van der Waals surface area contributed by atoms with Gasteiger partial charge in [0.05, 0.1) is 0 Å². The van der Waals surface area contributed by atoms with Crippen LogP contribution in [-0.4, -0.2) is 22.1 Å². The van der Waals surface area contributed by atoms with Gasteiger partial charge in [0.1, 0.15) is 11.6 Å². The molecule has 0 saturated carbocycles. The van der Waals surface area contributed by atoms with Gasteiger partial charge in [-0.3, -0.25) is 4.79 Å². The molecule has 0 spiro atoms. The molecule has 15 heavy (non-hydrogen) atoms. The van der Waals surface area contributed by atoms with Gasteiger partial charge in [0.2, 0.25) is 0 Å². The van der Waals surface area contributed by atoms with Crippen LogP contribution in [0.2, 0.25) is 0 Å². The van der Waals surface area contributed by atoms with Gasteiger partial charge in [-0.1, -0.05) is 6.07 Å². The predicted molar refractivity (Wildman–Crippen MR) is 53.3 cm³/mol. The van der Waals surface area contributed by atoms with Crippen molar-refractivity contribution in [2.45, 2.75) is 12.5 Å². The Kier molecular flexibility index (Phi) is 2.39. The zero-order valence-electron chi connectivity index (χ0n) is 7.88. The van der Waals surface area contributed by atoms with Crippen LogP contribution in [0.5, 0.6) is 0 Å². The summed E-state index contributed by atoms with van der Waals surface area (Å²) in [6, 6.07) is 4.44. The van der Waals surface area contributed by atoms with Gasteiger partial charge < -0.3 is 15.3 Å². The van der Waals surface area contributed by atoms with Gasteiger partial charge in [-0.15, -0.1) is 0 Å². The van der Waals surface area contributed by atoms with Crippen LogP contribution in [0.4, 0.5) is 0 Å². The first kappa shape index (κ1) is 9.67. The number of hydrogen-bond acceptors (Lipinski definition) is 4. The van der Waals surface area contributed by atoms with Crippen molar-refractivity contribution in [2.24, 2.45) is 5.73 Å². The van der Waals surface area contributed by atoms with Crippen LogP contribution >= 0.6 is 0 Å². The van der Waals surface area contributed by atoms with Crippen LogP contribution in [-0.2, 0) is 11.2 Å². The fraction of sp³-hybridized carbons (Fsp3) is 0.200. The number of nitrogens with two attached hydrogens (primary N) is 1. The minimum atomic E-state index is -1.00. The quantitative estimate of drug-likeness (QED) is 0.774. The van der Waals surface area contributed by atoms with E-state index in [1.165, 1.54) is 6.39 Å². The van der Waals surface area contributed by atoms with Crippen LogP contribution < -0.4 is 5.73 Å². The largest absolute Gasteiger partial charge is 0.480 e. The van der Waals surface area contributed by atoms with Crippen molar-refractivity contribution >= 4 is 17.1 Å². The van der Waals surface area contributed by atoms with Gasteiger partial charge in [-0.2, -0.15) is 0 Å². The summed E-state index contributed by atoms with van der Waals surface area (Å²) in [5.41, 5.74) is 7.66. The average Bonchev–Trinajstić information content (AvgIpc) is 2.64. The molecule has 2 aromatic rings. The summed E-state index contributed by atoms with van der Waals surface area (Å²) in [5.74, 6) is -1.00. The number of aromatic nitrogens is 1. The van der Waals surface area contributed by atoms with Crippen molar-refractivity contribution in [2.75, 3.05) is 0 Å². The smallest absolute Gasteiger partial charge is 0.320 e. The Labute approximate surface area is 85.5 Å². The first-order valence-corrected chi connectivity index (χ1v) is 4.47. The molecule has 1 heterocycles. The lowest BCUT2D eigenvalue weighted by Gasteiger charge is -2.05. The molecule has 1 aromatic heterocycles. The van der Waals surface area contributed by atoms with Crippen molar-refractivity contribution in [1.29, 1.82) is 0 Å². The van der Waals surface area contributed by atoms with Crippen molar-refractivity contribution in [3.8, 4) is 0 Å². The van der Waals surface area contributed by atoms with Crippen LogP contribution in [0.15, 0.2) is 29.0 Å². The third kappa shape index (κ3) is 1.97. The molecule has 0 amide bonds. The zero-order valence-corrected chi connectivity index (χ0v) is 7.88. The number of carboxylic acid groups (broad SMARTS) is 1. The normalized spacial score (nSPS) is 12.9. The van der Waals surface area contributed by atoms with E-state index in [0.717, 1.165) is 5.56 Å². The van der Waals surface area contributed by atoms with Gasteiger partial charge in [-0.05, 0) is 24.1 Å². The van der Waals surface area contributed by atoms with Gasteiger partial charge >= 0.3 is 5.97 Å². The molecule has 0 saturated heterocycles. The number of fused-ring (bicyclic) bond motifs is 1. The predicted octanol–water partition coefficient (Wildman–Crippen LogP) is 0.782. The van der Waals surface area contributed by atoms with Crippen LogP contribution in [0.1, 0.15) is 5.56 Å². The molecule has 0 bridgehead atoms. The Morgan fingerprint density at radius 3 is 3.13 bits per heavy atom. The molecule has 0 radical (unpaired) electrons. The summed E-state index contributed by atoms with van der Waals surface area (Å²) < 4.78 is 5.07. The lowest BCUT2D eigenvalue weighted by Crippen LogP contribution is -2.32. The third-order valence-electron chi connectivity index (χ3n) is 2.17. The number of nitrogens with zero attached hydrogens (tertiary/aromatic N) is 1. The highest BCUT2D eigenvalue weighted by Crippen LogP contribution is 2.14. The highest BCUT2D eigenvalue weighted by molar-refractivity contribution is 5.75. The number of aliphatic carboxylic acids is 1. The lowest BCUT2D eigenvalue weighted by atomic mass is 10.1. The van der Waals surface area contributed by atoms with E-state index in [1.54, 1.807) is 18.2 Å². The summed E-state index contributed by atoms with van der Waals surface area (Å²) in [4.78, 5) is 14.5. The molecule has 0 aliphatic heterocycles. The summed E-state index contributed by atoms with van der Waals surface area (Å²) in [6.07, 6.45) is 1.64. The average molecular weight is 206 g/mol. The van der Waals surface area contributed by atoms with E-state index in [4.69, 9.17) is 15.3 Å². The lowest BCUT2D eigenvalue weighted by molar-refractivity contribution is -0.138. The fourth-order valence-electron chi connectivity index (χ4n) is 1.37. The van der Waals surface area contributed by atoms with E-state index in [1.807, 2.05) is 0 Å². The molecule has 0 aliphatic carbocycles. The van der Waals surface area contributed by atoms with Gasteiger partial charge in [-0.25, -0.2) is 4.98 Å². The molecular weight excluding hydrogens is 196 g/mol. The number of carbonyl (C=O) groups is 1. The topological polar surface area (TPSA) is 89.4 Å². The van der Waals surface area contributed by atoms with E-state index < -0.39 is 12.0 Å². The fourth-order valence-corrected chi connectivity index (χ4v) is 1.37. The second kappa shape index (κ2) is 3.70. The van der Waals surface area contributed by atoms with E-state index in [9.17, 15) is 4.79 Å².